The molecule has 1 fully saturated rings. The molecular weight excluding hydrogens is 282 g/mol. The molecule has 1 aliphatic heterocycles. The van der Waals surface area contributed by atoms with Gasteiger partial charge in [0.15, 0.2) is 0 Å². The summed E-state index contributed by atoms with van der Waals surface area (Å²) in [5.41, 5.74) is -0.493. The van der Waals surface area contributed by atoms with E-state index in [1.807, 2.05) is 51.1 Å². The lowest BCUT2D eigenvalue weighted by Gasteiger charge is -2.41. The minimum absolute atomic E-state index is 0.444. The first-order chi connectivity index (χ1) is 10.2. The van der Waals surface area contributed by atoms with Crippen LogP contribution in [-0.2, 0) is 14.9 Å². The van der Waals surface area contributed by atoms with Crippen LogP contribution in [0.15, 0.2) is 30.3 Å². The molecule has 0 saturated carbocycles. The van der Waals surface area contributed by atoms with E-state index in [0.29, 0.717) is 25.9 Å². The molecule has 5 nitrogen and oxygen atoms in total. The number of hydrogen-bond donors (Lipinski definition) is 2. The molecule has 1 saturated heterocycles. The highest BCUT2D eigenvalue weighted by Crippen LogP contribution is 2.36. The predicted octanol–water partition coefficient (Wildman–Crippen LogP) is 2.20. The number of piperidine rings is 1. The number of aliphatic hydroxyl groups is 1. The second kappa shape index (κ2) is 6.36. The van der Waals surface area contributed by atoms with Crippen LogP contribution in [-0.4, -0.2) is 46.2 Å². The number of ether oxygens (including phenoxy) is 1. The summed E-state index contributed by atoms with van der Waals surface area (Å²) in [6.07, 6.45) is -0.0871. The Morgan fingerprint density at radius 2 is 1.77 bits per heavy atom. The average Bonchev–Trinajstić information content (AvgIpc) is 2.46. The van der Waals surface area contributed by atoms with E-state index in [-0.39, 0.29) is 0 Å². The van der Waals surface area contributed by atoms with Gasteiger partial charge in [0, 0.05) is 13.1 Å². The van der Waals surface area contributed by atoms with Gasteiger partial charge in [-0.15, -0.1) is 0 Å². The molecule has 1 unspecified atom stereocenters. The first-order valence-corrected chi connectivity index (χ1v) is 7.63. The Morgan fingerprint density at radius 3 is 2.23 bits per heavy atom. The molecule has 1 aromatic rings. The Labute approximate surface area is 131 Å². The minimum Gasteiger partial charge on any atom is -0.481 e. The van der Waals surface area contributed by atoms with Gasteiger partial charge < -0.3 is 14.9 Å². The van der Waals surface area contributed by atoms with Crippen molar-refractivity contribution in [1.29, 1.82) is 0 Å². The minimum atomic E-state index is -0.998. The fourth-order valence-electron chi connectivity index (χ4n) is 2.90. The van der Waals surface area contributed by atoms with Crippen LogP contribution in [0.25, 0.3) is 0 Å². The number of carboxylic acid groups (broad SMARTS) is 1. The lowest BCUT2D eigenvalue weighted by Crippen LogP contribution is -2.52. The van der Waals surface area contributed by atoms with Crippen molar-refractivity contribution in [3.05, 3.63) is 35.9 Å². The van der Waals surface area contributed by atoms with Gasteiger partial charge in [0.25, 0.3) is 0 Å². The summed E-state index contributed by atoms with van der Waals surface area (Å²) < 4.78 is 5.55. The SMILES string of the molecule is CC(C)(C)OC(O)N1CCC(C(=O)O)(c2ccccc2)CC1. The second-order valence-corrected chi connectivity index (χ2v) is 6.85. The molecule has 5 heteroatoms. The molecule has 0 aliphatic carbocycles. The van der Waals surface area contributed by atoms with Gasteiger partial charge in [-0.1, -0.05) is 30.3 Å². The molecule has 22 heavy (non-hydrogen) atoms. The number of rotatable bonds is 4. The molecule has 0 amide bonds. The Hall–Kier alpha value is -1.43. The predicted molar refractivity (Wildman–Crippen MR) is 83.4 cm³/mol. The number of carbonyl (C=O) groups is 1. The van der Waals surface area contributed by atoms with E-state index in [4.69, 9.17) is 4.74 Å². The third-order valence-electron chi connectivity index (χ3n) is 4.16. The van der Waals surface area contributed by atoms with Crippen LogP contribution < -0.4 is 0 Å². The number of aliphatic carboxylic acids is 1. The molecule has 0 spiro atoms. The summed E-state index contributed by atoms with van der Waals surface area (Å²) in [6.45, 7) is 6.61. The number of nitrogens with zero attached hydrogens (tertiary/aromatic N) is 1. The topological polar surface area (TPSA) is 70.0 Å². The van der Waals surface area contributed by atoms with Crippen LogP contribution in [0, 0.1) is 0 Å². The number of hydrogen-bond acceptors (Lipinski definition) is 4. The van der Waals surface area contributed by atoms with Crippen LogP contribution in [0.3, 0.4) is 0 Å². The fourth-order valence-corrected chi connectivity index (χ4v) is 2.90. The van der Waals surface area contributed by atoms with Crippen LogP contribution >= 0.6 is 0 Å². The zero-order valence-electron chi connectivity index (χ0n) is 13.5. The van der Waals surface area contributed by atoms with Gasteiger partial charge in [-0.2, -0.15) is 0 Å². The van der Waals surface area contributed by atoms with Crippen molar-refractivity contribution in [2.45, 2.75) is 51.0 Å². The van der Waals surface area contributed by atoms with Crippen molar-refractivity contribution < 1.29 is 19.7 Å². The maximum absolute atomic E-state index is 11.9. The molecule has 2 rings (SSSR count). The van der Waals surface area contributed by atoms with Gasteiger partial charge in [0.1, 0.15) is 0 Å². The van der Waals surface area contributed by atoms with Crippen molar-refractivity contribution >= 4 is 5.97 Å². The monoisotopic (exact) mass is 307 g/mol. The molecule has 1 heterocycles. The summed E-state index contributed by atoms with van der Waals surface area (Å²) in [6, 6.07) is 9.35. The van der Waals surface area contributed by atoms with Crippen molar-refractivity contribution in [2.24, 2.45) is 0 Å². The van der Waals surface area contributed by atoms with Crippen molar-refractivity contribution in [3.63, 3.8) is 0 Å². The first kappa shape index (κ1) is 16.9. The van der Waals surface area contributed by atoms with E-state index in [1.165, 1.54) is 0 Å². The van der Waals surface area contributed by atoms with Crippen LogP contribution in [0.4, 0.5) is 0 Å². The number of aliphatic hydroxyl groups excluding tert-OH is 1. The van der Waals surface area contributed by atoms with E-state index in [9.17, 15) is 15.0 Å². The zero-order valence-corrected chi connectivity index (χ0v) is 13.5. The normalized spacial score (nSPS) is 20.5. The Bertz CT molecular complexity index is 501. The van der Waals surface area contributed by atoms with E-state index in [1.54, 1.807) is 4.90 Å². The summed E-state index contributed by atoms with van der Waals surface area (Å²) in [5, 5.41) is 19.9. The van der Waals surface area contributed by atoms with Gasteiger partial charge >= 0.3 is 5.97 Å². The maximum atomic E-state index is 11.9. The summed E-state index contributed by atoms with van der Waals surface area (Å²) in [4.78, 5) is 13.7. The molecule has 1 atom stereocenters. The molecular formula is C17H25NO4. The summed E-state index contributed by atoms with van der Waals surface area (Å²) in [7, 11) is 0. The van der Waals surface area contributed by atoms with E-state index >= 15 is 0 Å². The van der Waals surface area contributed by atoms with Gasteiger partial charge in [-0.25, -0.2) is 0 Å². The number of carboxylic acids is 1. The van der Waals surface area contributed by atoms with Crippen molar-refractivity contribution in [3.8, 4) is 0 Å². The average molecular weight is 307 g/mol. The highest BCUT2D eigenvalue weighted by Gasteiger charge is 2.44. The molecule has 1 aromatic carbocycles. The third kappa shape index (κ3) is 3.66. The summed E-state index contributed by atoms with van der Waals surface area (Å²) >= 11 is 0. The van der Waals surface area contributed by atoms with Crippen molar-refractivity contribution in [2.75, 3.05) is 13.1 Å². The Balaban J connectivity index is 2.10. The lowest BCUT2D eigenvalue weighted by atomic mass is 9.73. The summed E-state index contributed by atoms with van der Waals surface area (Å²) in [5.74, 6) is -0.801. The van der Waals surface area contributed by atoms with E-state index in [2.05, 4.69) is 0 Å². The molecule has 0 radical (unpaired) electrons. The highest BCUT2D eigenvalue weighted by molar-refractivity contribution is 5.81. The smallest absolute Gasteiger partial charge is 0.314 e. The number of benzene rings is 1. The Morgan fingerprint density at radius 1 is 1.23 bits per heavy atom. The molecule has 1 aliphatic rings. The maximum Gasteiger partial charge on any atom is 0.314 e. The molecule has 0 bridgehead atoms. The standard InChI is InChI=1S/C17H25NO4/c1-16(2,3)22-15(21)18-11-9-17(10-12-18,14(19)20)13-7-5-4-6-8-13/h4-8,15,21H,9-12H2,1-3H3,(H,19,20). The molecule has 0 aromatic heterocycles. The largest absolute Gasteiger partial charge is 0.481 e. The van der Waals surface area contributed by atoms with Gasteiger partial charge in [-0.05, 0) is 39.2 Å². The van der Waals surface area contributed by atoms with E-state index in [0.717, 1.165) is 5.56 Å². The van der Waals surface area contributed by atoms with Crippen LogP contribution in [0.2, 0.25) is 0 Å². The molecule has 122 valence electrons. The fraction of sp³-hybridized carbons (Fsp3) is 0.588. The van der Waals surface area contributed by atoms with Gasteiger partial charge in [0.05, 0.1) is 11.0 Å². The highest BCUT2D eigenvalue weighted by atomic mass is 16.6. The van der Waals surface area contributed by atoms with Gasteiger partial charge in [-0.3, -0.25) is 9.69 Å². The molecule has 2 N–H and O–H groups in total. The van der Waals surface area contributed by atoms with Crippen molar-refractivity contribution in [1.82, 2.24) is 4.90 Å². The lowest BCUT2D eigenvalue weighted by molar-refractivity contribution is -0.244. The quantitative estimate of drug-likeness (QED) is 0.835. The first-order valence-electron chi connectivity index (χ1n) is 7.63. The van der Waals surface area contributed by atoms with Gasteiger partial charge in [0.2, 0.25) is 6.41 Å². The van der Waals surface area contributed by atoms with Crippen LogP contribution in [0.1, 0.15) is 39.2 Å². The second-order valence-electron chi connectivity index (χ2n) is 6.85. The third-order valence-corrected chi connectivity index (χ3v) is 4.16. The van der Waals surface area contributed by atoms with E-state index < -0.39 is 23.4 Å². The number of likely N-dealkylation sites (tertiary alicyclic amines) is 1. The van der Waals surface area contributed by atoms with Crippen LogP contribution in [0.5, 0.6) is 0 Å². The Kier molecular flexibility index (Phi) is 4.90. The zero-order chi connectivity index (χ0) is 16.4.